The van der Waals surface area contributed by atoms with Crippen molar-refractivity contribution < 1.29 is 9.53 Å². The largest absolute Gasteiger partial charge is 0.492 e. The van der Waals surface area contributed by atoms with Crippen LogP contribution in [0.3, 0.4) is 0 Å². The lowest BCUT2D eigenvalue weighted by molar-refractivity contribution is 0.0976. The normalized spacial score (nSPS) is 13.7. The van der Waals surface area contributed by atoms with Crippen LogP contribution in [0, 0.1) is 5.41 Å². The number of carbonyl (C=O) groups is 1. The fourth-order valence-electron chi connectivity index (χ4n) is 3.18. The topological polar surface area (TPSA) is 91.4 Å². The summed E-state index contributed by atoms with van der Waals surface area (Å²) in [4.78, 5) is 14.7. The Morgan fingerprint density at radius 2 is 1.87 bits per heavy atom. The van der Waals surface area contributed by atoms with Crippen LogP contribution in [0.15, 0.2) is 24.3 Å². The summed E-state index contributed by atoms with van der Waals surface area (Å²) in [5.41, 5.74) is 7.07. The summed E-state index contributed by atoms with van der Waals surface area (Å²) >= 11 is 13.6. The lowest BCUT2D eigenvalue weighted by atomic mass is 10.0. The van der Waals surface area contributed by atoms with E-state index in [9.17, 15) is 4.79 Å². The summed E-state index contributed by atoms with van der Waals surface area (Å²) in [6, 6.07) is 6.92. The monoisotopic (exact) mass is 512 g/mol. The number of nitrogens with zero attached hydrogens (tertiary/aromatic N) is 1. The lowest BCUT2D eigenvalue weighted by Gasteiger charge is -2.26. The van der Waals surface area contributed by atoms with Gasteiger partial charge in [-0.25, -0.2) is 0 Å². The van der Waals surface area contributed by atoms with Crippen LogP contribution in [0.2, 0.25) is 8.67 Å². The molecule has 11 heteroatoms. The van der Waals surface area contributed by atoms with Crippen molar-refractivity contribution >= 4 is 71.2 Å². The molecule has 30 heavy (non-hydrogen) atoms. The van der Waals surface area contributed by atoms with Crippen LogP contribution in [0.4, 0.5) is 0 Å². The minimum atomic E-state index is -0.479. The van der Waals surface area contributed by atoms with E-state index in [1.165, 1.54) is 30.6 Å². The maximum absolute atomic E-state index is 12.3. The van der Waals surface area contributed by atoms with Crippen molar-refractivity contribution in [2.45, 2.75) is 19.3 Å². The van der Waals surface area contributed by atoms with Gasteiger partial charge in [-0.15, -0.1) is 36.2 Å². The van der Waals surface area contributed by atoms with E-state index < -0.39 is 11.9 Å². The summed E-state index contributed by atoms with van der Waals surface area (Å²) in [5.74, 6) is -0.339. The fraction of sp³-hybridized carbons (Fsp3) is 0.368. The Labute approximate surface area is 202 Å². The SMILES string of the molecule is Cl.Cl.N=C(N)NC(=O)c1cc(OCCN2CCCCC2)cc(-c2cc(Cl)sc2Cl)c1. The molecule has 1 amide bonds. The average Bonchev–Trinajstić information content (AvgIpc) is 3.00. The number of halogens is 4. The number of thiophene rings is 1. The second-order valence-electron chi connectivity index (χ2n) is 6.60. The number of nitrogens with two attached hydrogens (primary N) is 1. The zero-order valence-corrected chi connectivity index (χ0v) is 20.0. The Hall–Kier alpha value is -1.22. The van der Waals surface area contributed by atoms with Gasteiger partial charge in [-0.1, -0.05) is 29.6 Å². The van der Waals surface area contributed by atoms with Crippen molar-refractivity contribution in [1.82, 2.24) is 10.2 Å². The Balaban J connectivity index is 0.00000225. The Morgan fingerprint density at radius 1 is 1.17 bits per heavy atom. The molecule has 0 unspecified atom stereocenters. The number of hydrogen-bond acceptors (Lipinski definition) is 5. The first kappa shape index (κ1) is 26.8. The fourth-order valence-corrected chi connectivity index (χ4v) is 4.68. The van der Waals surface area contributed by atoms with Gasteiger partial charge in [-0.05, 0) is 55.8 Å². The number of rotatable bonds is 6. The van der Waals surface area contributed by atoms with Crippen molar-refractivity contribution in [2.24, 2.45) is 5.73 Å². The molecule has 2 aromatic rings. The van der Waals surface area contributed by atoms with E-state index in [4.69, 9.17) is 39.1 Å². The quantitative estimate of drug-likeness (QED) is 0.372. The number of carbonyl (C=O) groups excluding carboxylic acids is 1. The predicted octanol–water partition coefficient (Wildman–Crippen LogP) is 5.05. The van der Waals surface area contributed by atoms with Crippen LogP contribution < -0.4 is 15.8 Å². The molecule has 1 aliphatic heterocycles. The van der Waals surface area contributed by atoms with E-state index in [2.05, 4.69) is 10.2 Å². The summed E-state index contributed by atoms with van der Waals surface area (Å²) in [7, 11) is 0. The van der Waals surface area contributed by atoms with Crippen LogP contribution in [0.25, 0.3) is 11.1 Å². The second-order valence-corrected chi connectivity index (χ2v) is 8.89. The Bertz CT molecular complexity index is 872. The van der Waals surface area contributed by atoms with Crippen molar-refractivity contribution in [2.75, 3.05) is 26.2 Å². The Morgan fingerprint density at radius 3 is 2.47 bits per heavy atom. The van der Waals surface area contributed by atoms with E-state index in [1.807, 2.05) is 6.07 Å². The number of nitrogens with one attached hydrogen (secondary N) is 2. The lowest BCUT2D eigenvalue weighted by Crippen LogP contribution is -2.35. The van der Waals surface area contributed by atoms with E-state index in [1.54, 1.807) is 18.2 Å². The van der Waals surface area contributed by atoms with Crippen molar-refractivity contribution in [1.29, 1.82) is 5.41 Å². The van der Waals surface area contributed by atoms with Crippen LogP contribution >= 0.6 is 59.4 Å². The molecular formula is C19H24Cl4N4O2S. The van der Waals surface area contributed by atoms with Crippen molar-refractivity contribution in [3.8, 4) is 16.9 Å². The molecule has 0 radical (unpaired) electrons. The highest BCUT2D eigenvalue weighted by Gasteiger charge is 2.15. The van der Waals surface area contributed by atoms with Crippen LogP contribution in [-0.2, 0) is 0 Å². The molecule has 6 nitrogen and oxygen atoms in total. The highest BCUT2D eigenvalue weighted by Crippen LogP contribution is 2.39. The molecule has 0 spiro atoms. The standard InChI is InChI=1S/C19H22Cl2N4O2S.2ClH/c20-16-11-15(17(21)28-16)12-8-13(18(26)24-19(22)23)10-14(9-12)27-7-6-25-4-2-1-3-5-25;;/h8-11H,1-7H2,(H4,22,23,24,26);2*1H. The molecule has 166 valence electrons. The zero-order chi connectivity index (χ0) is 20.1. The third-order valence-electron chi connectivity index (χ3n) is 4.51. The molecule has 1 fully saturated rings. The maximum atomic E-state index is 12.3. The van der Waals surface area contributed by atoms with Gasteiger partial charge in [0.15, 0.2) is 5.96 Å². The van der Waals surface area contributed by atoms with Crippen LogP contribution in [0.5, 0.6) is 5.75 Å². The molecular weight excluding hydrogens is 490 g/mol. The van der Waals surface area contributed by atoms with Crippen LogP contribution in [-0.4, -0.2) is 43.0 Å². The minimum Gasteiger partial charge on any atom is -0.492 e. The summed E-state index contributed by atoms with van der Waals surface area (Å²) in [6.45, 7) is 3.55. The number of amides is 1. The third kappa shape index (κ3) is 7.48. The highest BCUT2D eigenvalue weighted by atomic mass is 35.5. The summed E-state index contributed by atoms with van der Waals surface area (Å²) < 4.78 is 7.03. The number of ether oxygens (including phenoxy) is 1. The minimum absolute atomic E-state index is 0. The van der Waals surface area contributed by atoms with Gasteiger partial charge in [-0.2, -0.15) is 0 Å². The molecule has 0 bridgehead atoms. The zero-order valence-electron chi connectivity index (χ0n) is 16.1. The summed E-state index contributed by atoms with van der Waals surface area (Å²) in [5, 5.41) is 9.57. The molecule has 1 aromatic carbocycles. The number of hydrogen-bond donors (Lipinski definition) is 3. The van der Waals surface area contributed by atoms with Gasteiger partial charge in [0.25, 0.3) is 5.91 Å². The third-order valence-corrected chi connectivity index (χ3v) is 6.00. The van der Waals surface area contributed by atoms with Gasteiger partial charge in [0.1, 0.15) is 16.7 Å². The van der Waals surface area contributed by atoms with Gasteiger partial charge in [0.05, 0.1) is 4.34 Å². The van der Waals surface area contributed by atoms with Gasteiger partial charge < -0.3 is 10.5 Å². The van der Waals surface area contributed by atoms with E-state index in [0.717, 1.165) is 30.8 Å². The molecule has 0 aliphatic carbocycles. The molecule has 0 saturated carbocycles. The molecule has 4 N–H and O–H groups in total. The molecule has 0 atom stereocenters. The van der Waals surface area contributed by atoms with Gasteiger partial charge in [-0.3, -0.25) is 20.4 Å². The van der Waals surface area contributed by atoms with E-state index in [-0.39, 0.29) is 24.8 Å². The van der Waals surface area contributed by atoms with E-state index >= 15 is 0 Å². The predicted molar refractivity (Wildman–Crippen MR) is 129 cm³/mol. The van der Waals surface area contributed by atoms with Crippen molar-refractivity contribution in [3.05, 3.63) is 38.5 Å². The first-order chi connectivity index (χ1) is 13.4. The number of piperidine rings is 1. The molecule has 2 heterocycles. The number of benzene rings is 1. The van der Waals surface area contributed by atoms with Crippen LogP contribution in [0.1, 0.15) is 29.6 Å². The first-order valence-corrected chi connectivity index (χ1v) is 10.6. The van der Waals surface area contributed by atoms with Crippen molar-refractivity contribution in [3.63, 3.8) is 0 Å². The number of likely N-dealkylation sites (tertiary alicyclic amines) is 1. The average molecular weight is 514 g/mol. The maximum Gasteiger partial charge on any atom is 0.258 e. The molecule has 1 saturated heterocycles. The van der Waals surface area contributed by atoms with Gasteiger partial charge in [0.2, 0.25) is 0 Å². The molecule has 1 aliphatic rings. The number of guanidine groups is 1. The smallest absolute Gasteiger partial charge is 0.258 e. The summed E-state index contributed by atoms with van der Waals surface area (Å²) in [6.07, 6.45) is 3.74. The first-order valence-electron chi connectivity index (χ1n) is 9.03. The highest BCUT2D eigenvalue weighted by molar-refractivity contribution is 7.20. The van der Waals surface area contributed by atoms with Gasteiger partial charge in [0, 0.05) is 17.7 Å². The molecule has 3 rings (SSSR count). The van der Waals surface area contributed by atoms with Gasteiger partial charge >= 0.3 is 0 Å². The molecule has 1 aromatic heterocycles. The second kappa shape index (κ2) is 12.6. The Kier molecular flexibility index (Phi) is 11.3. The van der Waals surface area contributed by atoms with E-state index in [0.29, 0.717) is 26.6 Å².